The molecule has 7 nitrogen and oxygen atoms in total. The summed E-state index contributed by atoms with van der Waals surface area (Å²) in [5.41, 5.74) is 3.40. The van der Waals surface area contributed by atoms with Gasteiger partial charge in [-0.2, -0.15) is 5.10 Å². The lowest BCUT2D eigenvalue weighted by Gasteiger charge is -2.21. The molecule has 0 aliphatic carbocycles. The first-order valence-corrected chi connectivity index (χ1v) is 9.46. The second-order valence-corrected chi connectivity index (χ2v) is 8.26. The fourth-order valence-corrected chi connectivity index (χ4v) is 3.44. The van der Waals surface area contributed by atoms with Gasteiger partial charge in [0.05, 0.1) is 29.3 Å². The van der Waals surface area contributed by atoms with Gasteiger partial charge in [-0.3, -0.25) is 19.8 Å². The van der Waals surface area contributed by atoms with E-state index in [4.69, 9.17) is 5.10 Å². The lowest BCUT2D eigenvalue weighted by atomic mass is 9.92. The molecule has 1 amide bonds. The predicted molar refractivity (Wildman–Crippen MR) is 110 cm³/mol. The van der Waals surface area contributed by atoms with E-state index in [0.29, 0.717) is 12.4 Å². The van der Waals surface area contributed by atoms with Gasteiger partial charge in [0.2, 0.25) is 5.91 Å². The van der Waals surface area contributed by atoms with Crippen LogP contribution in [-0.4, -0.2) is 20.6 Å². The van der Waals surface area contributed by atoms with Crippen LogP contribution in [0.15, 0.2) is 54.6 Å². The first-order valence-electron chi connectivity index (χ1n) is 9.46. The number of carbonyl (C=O) groups is 1. The minimum Gasteiger partial charge on any atom is -0.292 e. The first-order chi connectivity index (χ1) is 13.7. The van der Waals surface area contributed by atoms with Crippen LogP contribution in [0.1, 0.15) is 37.6 Å². The summed E-state index contributed by atoms with van der Waals surface area (Å²) in [6.07, 6.45) is 0.275. The normalized spacial score (nSPS) is 13.6. The lowest BCUT2D eigenvalue weighted by molar-refractivity contribution is -0.384. The standard InChI is InChI=1S/C22H22N4O3/c1-22(2,3)19-13-20-24(14-15-8-10-17(11-9-15)26(28)29)21(27)12-16-6-4-5-7-18(16)25(20)23-19/h4-11,13H,12,14H2,1-3H3. The van der Waals surface area contributed by atoms with E-state index < -0.39 is 4.92 Å². The number of non-ortho nitro benzene ring substituents is 1. The van der Waals surface area contributed by atoms with Gasteiger partial charge in [0.15, 0.2) is 0 Å². The molecule has 0 fully saturated rings. The Hall–Kier alpha value is -3.48. The fourth-order valence-electron chi connectivity index (χ4n) is 3.44. The van der Waals surface area contributed by atoms with Crippen LogP contribution in [0.5, 0.6) is 0 Å². The second-order valence-electron chi connectivity index (χ2n) is 8.26. The summed E-state index contributed by atoms with van der Waals surface area (Å²) in [4.78, 5) is 25.4. The number of nitro groups is 1. The molecule has 1 aliphatic heterocycles. The molecule has 0 atom stereocenters. The van der Waals surface area contributed by atoms with Crippen molar-refractivity contribution in [2.75, 3.05) is 4.90 Å². The number of nitro benzene ring substituents is 1. The molecule has 0 saturated carbocycles. The molecule has 2 aromatic carbocycles. The van der Waals surface area contributed by atoms with E-state index in [1.807, 2.05) is 35.0 Å². The van der Waals surface area contributed by atoms with Crippen molar-refractivity contribution in [3.63, 3.8) is 0 Å². The molecule has 0 spiro atoms. The van der Waals surface area contributed by atoms with Gasteiger partial charge in [0.1, 0.15) is 5.82 Å². The first kappa shape index (κ1) is 18.9. The van der Waals surface area contributed by atoms with Crippen molar-refractivity contribution in [1.82, 2.24) is 9.78 Å². The summed E-state index contributed by atoms with van der Waals surface area (Å²) in [6, 6.07) is 16.1. The molecule has 2 heterocycles. The summed E-state index contributed by atoms with van der Waals surface area (Å²) >= 11 is 0. The topological polar surface area (TPSA) is 81.3 Å². The second kappa shape index (κ2) is 6.84. The number of hydrogen-bond acceptors (Lipinski definition) is 4. The predicted octanol–water partition coefficient (Wildman–Crippen LogP) is 4.17. The monoisotopic (exact) mass is 390 g/mol. The van der Waals surface area contributed by atoms with Crippen molar-refractivity contribution >= 4 is 17.4 Å². The van der Waals surface area contributed by atoms with Crippen molar-refractivity contribution in [2.24, 2.45) is 0 Å². The highest BCUT2D eigenvalue weighted by molar-refractivity contribution is 5.96. The third-order valence-electron chi connectivity index (χ3n) is 5.09. The van der Waals surface area contributed by atoms with Crippen molar-refractivity contribution in [2.45, 2.75) is 39.2 Å². The van der Waals surface area contributed by atoms with Crippen LogP contribution in [0.3, 0.4) is 0 Å². The fraction of sp³-hybridized carbons (Fsp3) is 0.273. The van der Waals surface area contributed by atoms with Crippen molar-refractivity contribution in [3.05, 3.63) is 81.5 Å². The molecule has 0 unspecified atom stereocenters. The molecular weight excluding hydrogens is 368 g/mol. The van der Waals surface area contributed by atoms with Crippen molar-refractivity contribution in [1.29, 1.82) is 0 Å². The largest absolute Gasteiger partial charge is 0.292 e. The number of aromatic nitrogens is 2. The van der Waals surface area contributed by atoms with Gasteiger partial charge >= 0.3 is 0 Å². The van der Waals surface area contributed by atoms with E-state index in [1.54, 1.807) is 17.0 Å². The van der Waals surface area contributed by atoms with Gasteiger partial charge < -0.3 is 0 Å². The maximum atomic E-state index is 13.2. The highest BCUT2D eigenvalue weighted by atomic mass is 16.6. The molecule has 29 heavy (non-hydrogen) atoms. The van der Waals surface area contributed by atoms with Crippen LogP contribution in [0.4, 0.5) is 11.5 Å². The van der Waals surface area contributed by atoms with Crippen molar-refractivity contribution < 1.29 is 9.72 Å². The molecule has 0 saturated heterocycles. The molecule has 7 heteroatoms. The SMILES string of the molecule is CC(C)(C)c1cc2n(n1)-c1ccccc1CC(=O)N2Cc1ccc([N+](=O)[O-])cc1. The quantitative estimate of drug-likeness (QED) is 0.497. The Morgan fingerprint density at radius 2 is 1.79 bits per heavy atom. The van der Waals surface area contributed by atoms with Crippen LogP contribution in [0.2, 0.25) is 0 Å². The van der Waals surface area contributed by atoms with Gasteiger partial charge in [-0.05, 0) is 17.2 Å². The Labute approximate surface area is 168 Å². The van der Waals surface area contributed by atoms with E-state index in [0.717, 1.165) is 22.5 Å². The van der Waals surface area contributed by atoms with E-state index in [-0.39, 0.29) is 23.4 Å². The highest BCUT2D eigenvalue weighted by Crippen LogP contribution is 2.33. The van der Waals surface area contributed by atoms with Gasteiger partial charge in [-0.15, -0.1) is 0 Å². The summed E-state index contributed by atoms with van der Waals surface area (Å²) in [6.45, 7) is 6.58. The van der Waals surface area contributed by atoms with Gasteiger partial charge in [-0.25, -0.2) is 4.68 Å². The zero-order valence-corrected chi connectivity index (χ0v) is 16.6. The average molecular weight is 390 g/mol. The minimum atomic E-state index is -0.428. The van der Waals surface area contributed by atoms with Crippen molar-refractivity contribution in [3.8, 4) is 5.69 Å². The molecular formula is C22H22N4O3. The van der Waals surface area contributed by atoms with E-state index >= 15 is 0 Å². The Morgan fingerprint density at radius 3 is 2.45 bits per heavy atom. The summed E-state index contributed by atoms with van der Waals surface area (Å²) in [5.74, 6) is 0.679. The van der Waals surface area contributed by atoms with Gasteiger partial charge in [0, 0.05) is 23.6 Å². The number of carbonyl (C=O) groups excluding carboxylic acids is 1. The maximum Gasteiger partial charge on any atom is 0.269 e. The number of nitrogens with zero attached hydrogens (tertiary/aromatic N) is 4. The molecule has 3 aromatic rings. The number of para-hydroxylation sites is 1. The molecule has 0 bridgehead atoms. The molecule has 148 valence electrons. The van der Waals surface area contributed by atoms with Crippen LogP contribution in [0.25, 0.3) is 5.69 Å². The number of benzene rings is 2. The summed E-state index contributed by atoms with van der Waals surface area (Å²) < 4.78 is 1.84. The smallest absolute Gasteiger partial charge is 0.269 e. The minimum absolute atomic E-state index is 0.0309. The van der Waals surface area contributed by atoms with E-state index in [9.17, 15) is 14.9 Å². The molecule has 4 rings (SSSR count). The van der Waals surface area contributed by atoms with Gasteiger partial charge in [0.25, 0.3) is 5.69 Å². The summed E-state index contributed by atoms with van der Waals surface area (Å²) in [5, 5.41) is 15.7. The molecule has 0 N–H and O–H groups in total. The highest BCUT2D eigenvalue weighted by Gasteiger charge is 2.30. The number of rotatable bonds is 3. The maximum absolute atomic E-state index is 13.2. The number of fused-ring (bicyclic) bond motifs is 3. The lowest BCUT2D eigenvalue weighted by Crippen LogP contribution is -2.31. The Kier molecular flexibility index (Phi) is 4.45. The Bertz CT molecular complexity index is 1090. The van der Waals surface area contributed by atoms with Gasteiger partial charge in [-0.1, -0.05) is 51.1 Å². The molecule has 0 radical (unpaired) electrons. The Morgan fingerprint density at radius 1 is 1.10 bits per heavy atom. The third kappa shape index (κ3) is 3.51. The van der Waals surface area contributed by atoms with E-state index in [2.05, 4.69) is 20.8 Å². The molecule has 1 aliphatic rings. The van der Waals surface area contributed by atoms with Crippen LogP contribution in [0, 0.1) is 10.1 Å². The molecule has 1 aromatic heterocycles. The van der Waals surface area contributed by atoms with E-state index in [1.165, 1.54) is 12.1 Å². The van der Waals surface area contributed by atoms with Crippen LogP contribution < -0.4 is 4.90 Å². The van der Waals surface area contributed by atoms with Crippen LogP contribution >= 0.6 is 0 Å². The Balaban J connectivity index is 1.80. The number of amides is 1. The number of anilines is 1. The average Bonchev–Trinajstić information content (AvgIpc) is 3.08. The number of hydrogen-bond donors (Lipinski definition) is 0. The van der Waals surface area contributed by atoms with Crippen LogP contribution in [-0.2, 0) is 23.2 Å². The summed E-state index contributed by atoms with van der Waals surface area (Å²) in [7, 11) is 0. The zero-order chi connectivity index (χ0) is 20.8. The third-order valence-corrected chi connectivity index (χ3v) is 5.09. The zero-order valence-electron chi connectivity index (χ0n) is 16.6.